The molecule has 3 rings (SSSR count). The minimum absolute atomic E-state index is 0.187. The first-order chi connectivity index (χ1) is 9.13. The van der Waals surface area contributed by atoms with Crippen molar-refractivity contribution in [1.82, 2.24) is 9.97 Å². The Kier molecular flexibility index (Phi) is 3.08. The Bertz CT molecular complexity index is 757. The maximum atomic E-state index is 13.2. The van der Waals surface area contributed by atoms with Crippen LogP contribution in [0, 0.1) is 12.7 Å². The number of rotatable bonds is 2. The van der Waals surface area contributed by atoms with Gasteiger partial charge in [0.2, 0.25) is 5.28 Å². The summed E-state index contributed by atoms with van der Waals surface area (Å²) in [4.78, 5) is 8.32. The SMILES string of the molecule is Cc1cc(Nc2nc(Cl)nc3ccsc23)ccc1F. The van der Waals surface area contributed by atoms with Crippen LogP contribution in [0.15, 0.2) is 29.6 Å². The van der Waals surface area contributed by atoms with E-state index in [1.807, 2.05) is 11.4 Å². The number of nitrogens with one attached hydrogen (secondary N) is 1. The normalized spacial score (nSPS) is 10.9. The maximum Gasteiger partial charge on any atom is 0.224 e. The number of halogens is 2. The summed E-state index contributed by atoms with van der Waals surface area (Å²) in [5, 5.41) is 5.26. The van der Waals surface area contributed by atoms with Crippen LogP contribution < -0.4 is 5.32 Å². The molecule has 2 aromatic heterocycles. The van der Waals surface area contributed by atoms with E-state index in [0.29, 0.717) is 11.4 Å². The van der Waals surface area contributed by atoms with E-state index >= 15 is 0 Å². The second kappa shape index (κ2) is 4.75. The zero-order chi connectivity index (χ0) is 13.4. The number of thiophene rings is 1. The summed E-state index contributed by atoms with van der Waals surface area (Å²) in [5.74, 6) is 0.406. The average molecular weight is 294 g/mol. The number of aromatic nitrogens is 2. The summed E-state index contributed by atoms with van der Waals surface area (Å²) in [7, 11) is 0. The Morgan fingerprint density at radius 2 is 2.11 bits per heavy atom. The standard InChI is InChI=1S/C13H9ClFN3S/c1-7-6-8(2-3-9(7)15)16-12-11-10(4-5-19-11)17-13(14)18-12/h2-6H,1H3,(H,16,17,18). The second-order valence-corrected chi connectivity index (χ2v) is 5.32. The Labute approximate surface area is 118 Å². The minimum atomic E-state index is -0.229. The van der Waals surface area contributed by atoms with Gasteiger partial charge in [0.15, 0.2) is 5.82 Å². The highest BCUT2D eigenvalue weighted by Crippen LogP contribution is 2.29. The van der Waals surface area contributed by atoms with Gasteiger partial charge in [-0.15, -0.1) is 11.3 Å². The number of anilines is 2. The molecule has 1 N–H and O–H groups in total. The Balaban J connectivity index is 2.04. The molecule has 19 heavy (non-hydrogen) atoms. The van der Waals surface area contributed by atoms with Crippen molar-refractivity contribution in [2.75, 3.05) is 5.32 Å². The van der Waals surface area contributed by atoms with Crippen molar-refractivity contribution < 1.29 is 4.39 Å². The molecule has 3 nitrogen and oxygen atoms in total. The number of nitrogens with zero attached hydrogens (tertiary/aromatic N) is 2. The molecule has 1 aromatic carbocycles. The smallest absolute Gasteiger partial charge is 0.224 e. The van der Waals surface area contributed by atoms with Crippen molar-refractivity contribution in [2.45, 2.75) is 6.92 Å². The van der Waals surface area contributed by atoms with Gasteiger partial charge in [-0.25, -0.2) is 9.37 Å². The molecule has 0 aliphatic carbocycles. The van der Waals surface area contributed by atoms with Crippen LogP contribution >= 0.6 is 22.9 Å². The molecule has 96 valence electrons. The molecule has 0 radical (unpaired) electrons. The number of fused-ring (bicyclic) bond motifs is 1. The molecule has 0 aliphatic rings. The van der Waals surface area contributed by atoms with Crippen LogP contribution in [-0.4, -0.2) is 9.97 Å². The molecule has 3 aromatic rings. The lowest BCUT2D eigenvalue weighted by Crippen LogP contribution is -1.96. The Morgan fingerprint density at radius 3 is 2.89 bits per heavy atom. The van der Waals surface area contributed by atoms with Crippen LogP contribution in [0.2, 0.25) is 5.28 Å². The predicted molar refractivity (Wildman–Crippen MR) is 76.8 cm³/mol. The van der Waals surface area contributed by atoms with Gasteiger partial charge in [0.25, 0.3) is 0 Å². The van der Waals surface area contributed by atoms with Gasteiger partial charge < -0.3 is 5.32 Å². The summed E-state index contributed by atoms with van der Waals surface area (Å²) < 4.78 is 14.2. The molecule has 2 heterocycles. The van der Waals surface area contributed by atoms with E-state index in [1.54, 1.807) is 19.1 Å². The van der Waals surface area contributed by atoms with E-state index in [4.69, 9.17) is 11.6 Å². The third-order valence-corrected chi connectivity index (χ3v) is 3.78. The quantitative estimate of drug-likeness (QED) is 0.705. The number of benzene rings is 1. The van der Waals surface area contributed by atoms with Crippen molar-refractivity contribution in [2.24, 2.45) is 0 Å². The fourth-order valence-corrected chi connectivity index (χ4v) is 2.73. The third kappa shape index (κ3) is 2.39. The molecule has 0 aliphatic heterocycles. The van der Waals surface area contributed by atoms with Crippen LogP contribution in [0.3, 0.4) is 0 Å². The molecule has 0 spiro atoms. The fraction of sp³-hybridized carbons (Fsp3) is 0.0769. The van der Waals surface area contributed by atoms with Gasteiger partial charge in [0.05, 0.1) is 10.2 Å². The topological polar surface area (TPSA) is 37.8 Å². The molecule has 0 amide bonds. The lowest BCUT2D eigenvalue weighted by Gasteiger charge is -2.08. The Morgan fingerprint density at radius 1 is 1.26 bits per heavy atom. The highest BCUT2D eigenvalue weighted by atomic mass is 35.5. The zero-order valence-electron chi connectivity index (χ0n) is 9.95. The molecular weight excluding hydrogens is 285 g/mol. The van der Waals surface area contributed by atoms with Crippen molar-refractivity contribution >= 4 is 44.7 Å². The number of hydrogen-bond acceptors (Lipinski definition) is 4. The monoisotopic (exact) mass is 293 g/mol. The van der Waals surface area contributed by atoms with Crippen LogP contribution in [0.25, 0.3) is 10.2 Å². The maximum absolute atomic E-state index is 13.2. The van der Waals surface area contributed by atoms with Gasteiger partial charge in [-0.3, -0.25) is 0 Å². The lowest BCUT2D eigenvalue weighted by molar-refractivity contribution is 0.619. The van der Waals surface area contributed by atoms with E-state index in [-0.39, 0.29) is 11.1 Å². The molecule has 0 unspecified atom stereocenters. The first-order valence-corrected chi connectivity index (χ1v) is 6.83. The highest BCUT2D eigenvalue weighted by Gasteiger charge is 2.09. The third-order valence-electron chi connectivity index (χ3n) is 2.70. The first kappa shape index (κ1) is 12.3. The van der Waals surface area contributed by atoms with E-state index in [2.05, 4.69) is 15.3 Å². The predicted octanol–water partition coefficient (Wildman–Crippen LogP) is 4.54. The summed E-state index contributed by atoms with van der Waals surface area (Å²) in [5.41, 5.74) is 2.14. The molecular formula is C13H9ClFN3S. The van der Waals surface area contributed by atoms with Crippen molar-refractivity contribution in [3.05, 3.63) is 46.3 Å². The van der Waals surface area contributed by atoms with E-state index < -0.39 is 0 Å². The number of aryl methyl sites for hydroxylation is 1. The van der Waals surface area contributed by atoms with Crippen LogP contribution in [0.5, 0.6) is 0 Å². The fourth-order valence-electron chi connectivity index (χ4n) is 1.78. The molecule has 6 heteroatoms. The molecule has 0 saturated heterocycles. The van der Waals surface area contributed by atoms with Crippen LogP contribution in [0.4, 0.5) is 15.9 Å². The molecule has 0 saturated carbocycles. The zero-order valence-corrected chi connectivity index (χ0v) is 11.5. The highest BCUT2D eigenvalue weighted by molar-refractivity contribution is 7.17. The van der Waals surface area contributed by atoms with Gasteiger partial charge in [0, 0.05) is 5.69 Å². The summed E-state index contributed by atoms with van der Waals surface area (Å²) >= 11 is 7.41. The van der Waals surface area contributed by atoms with Crippen LogP contribution in [0.1, 0.15) is 5.56 Å². The summed E-state index contributed by atoms with van der Waals surface area (Å²) in [6.07, 6.45) is 0. The van der Waals surface area contributed by atoms with Gasteiger partial charge in [0.1, 0.15) is 5.82 Å². The van der Waals surface area contributed by atoms with Crippen molar-refractivity contribution in [3.8, 4) is 0 Å². The van der Waals surface area contributed by atoms with E-state index in [9.17, 15) is 4.39 Å². The molecule has 0 bridgehead atoms. The van der Waals surface area contributed by atoms with E-state index in [1.165, 1.54) is 17.4 Å². The first-order valence-electron chi connectivity index (χ1n) is 5.57. The minimum Gasteiger partial charge on any atom is -0.339 e. The van der Waals surface area contributed by atoms with Crippen LogP contribution in [-0.2, 0) is 0 Å². The van der Waals surface area contributed by atoms with Gasteiger partial charge >= 0.3 is 0 Å². The number of hydrogen-bond donors (Lipinski definition) is 1. The summed E-state index contributed by atoms with van der Waals surface area (Å²) in [6, 6.07) is 6.70. The van der Waals surface area contributed by atoms with E-state index in [0.717, 1.165) is 15.9 Å². The molecule has 0 atom stereocenters. The van der Waals surface area contributed by atoms with Crippen molar-refractivity contribution in [1.29, 1.82) is 0 Å². The van der Waals surface area contributed by atoms with Gasteiger partial charge in [-0.1, -0.05) is 0 Å². The molecule has 0 fully saturated rings. The average Bonchev–Trinajstić information content (AvgIpc) is 2.82. The largest absolute Gasteiger partial charge is 0.339 e. The second-order valence-electron chi connectivity index (χ2n) is 4.07. The summed E-state index contributed by atoms with van der Waals surface area (Å²) in [6.45, 7) is 1.72. The van der Waals surface area contributed by atoms with Gasteiger partial charge in [-0.05, 0) is 53.7 Å². The van der Waals surface area contributed by atoms with Crippen molar-refractivity contribution in [3.63, 3.8) is 0 Å². The van der Waals surface area contributed by atoms with Gasteiger partial charge in [-0.2, -0.15) is 4.98 Å². The lowest BCUT2D eigenvalue weighted by atomic mass is 10.2. The Hall–Kier alpha value is -1.72.